The molecule has 2 aliphatic heterocycles. The first-order valence-electron chi connectivity index (χ1n) is 7.13. The van der Waals surface area contributed by atoms with Crippen LogP contribution >= 0.6 is 23.2 Å². The minimum Gasteiger partial charge on any atom is -0.371 e. The molecule has 0 spiro atoms. The summed E-state index contributed by atoms with van der Waals surface area (Å²) in [6.45, 7) is 6.22. The number of hydrogen-bond acceptors (Lipinski definition) is 3. The zero-order valence-corrected chi connectivity index (χ0v) is 13.6. The van der Waals surface area contributed by atoms with E-state index in [-0.39, 0.29) is 24.1 Å². The van der Waals surface area contributed by atoms with Gasteiger partial charge in [0.2, 0.25) is 5.91 Å². The molecule has 0 saturated carbocycles. The second kappa shape index (κ2) is 5.67. The number of halogens is 2. The van der Waals surface area contributed by atoms with Crippen molar-refractivity contribution in [3.63, 3.8) is 0 Å². The fourth-order valence-corrected chi connectivity index (χ4v) is 3.14. The van der Waals surface area contributed by atoms with E-state index in [0.717, 1.165) is 18.8 Å². The van der Waals surface area contributed by atoms with Gasteiger partial charge in [0, 0.05) is 18.8 Å². The molecule has 0 aliphatic carbocycles. The van der Waals surface area contributed by atoms with Crippen molar-refractivity contribution in [3.05, 3.63) is 28.2 Å². The van der Waals surface area contributed by atoms with Gasteiger partial charge in [-0.25, -0.2) is 0 Å². The van der Waals surface area contributed by atoms with E-state index in [1.54, 1.807) is 6.07 Å². The molecule has 1 amide bonds. The minimum absolute atomic E-state index is 0.135. The second-order valence-electron chi connectivity index (χ2n) is 5.61. The Morgan fingerprint density at radius 1 is 1.29 bits per heavy atom. The maximum atomic E-state index is 12.6. The minimum atomic E-state index is -0.211. The van der Waals surface area contributed by atoms with E-state index in [4.69, 9.17) is 27.9 Å². The summed E-state index contributed by atoms with van der Waals surface area (Å²) in [7, 11) is 0. The zero-order valence-electron chi connectivity index (χ0n) is 12.1. The molecule has 1 aromatic rings. The monoisotopic (exact) mass is 328 g/mol. The predicted octanol–water partition coefficient (Wildman–Crippen LogP) is 2.82. The normalized spacial score (nSPS) is 27.0. The maximum absolute atomic E-state index is 12.6. The van der Waals surface area contributed by atoms with Gasteiger partial charge in [-0.15, -0.1) is 0 Å². The Balaban J connectivity index is 1.77. The summed E-state index contributed by atoms with van der Waals surface area (Å²) in [5.41, 5.74) is 0.931. The molecule has 0 bridgehead atoms. The summed E-state index contributed by atoms with van der Waals surface area (Å²) in [5.74, 6) is 0.135. The number of rotatable bonds is 3. The van der Waals surface area contributed by atoms with Crippen molar-refractivity contribution in [3.8, 4) is 0 Å². The third-order valence-electron chi connectivity index (χ3n) is 4.31. The van der Waals surface area contributed by atoms with E-state index >= 15 is 0 Å². The number of piperazine rings is 1. The SMILES string of the molecule is CC1C(=O)N([C@H](C)C2CO2)CCN1c1ccc(Cl)c(Cl)c1. The molecular weight excluding hydrogens is 311 g/mol. The number of epoxide rings is 1. The average molecular weight is 329 g/mol. The number of ether oxygens (including phenoxy) is 1. The standard InChI is InChI=1S/C15H18Cl2N2O2/c1-9(14-8-21-14)19-6-5-18(10(2)15(19)20)11-3-4-12(16)13(17)7-11/h3-4,7,9-10,14H,5-6,8H2,1-2H3/t9-,10?,14?/m1/s1. The lowest BCUT2D eigenvalue weighted by molar-refractivity contribution is -0.136. The molecule has 114 valence electrons. The fraction of sp³-hybridized carbons (Fsp3) is 0.533. The van der Waals surface area contributed by atoms with Crippen molar-refractivity contribution in [2.24, 2.45) is 0 Å². The van der Waals surface area contributed by atoms with Crippen molar-refractivity contribution in [1.82, 2.24) is 4.90 Å². The van der Waals surface area contributed by atoms with Gasteiger partial charge in [0.15, 0.2) is 0 Å². The van der Waals surface area contributed by atoms with Crippen LogP contribution in [-0.4, -0.2) is 48.7 Å². The van der Waals surface area contributed by atoms with Gasteiger partial charge in [-0.05, 0) is 32.0 Å². The quantitative estimate of drug-likeness (QED) is 0.800. The van der Waals surface area contributed by atoms with E-state index in [1.165, 1.54) is 0 Å². The van der Waals surface area contributed by atoms with Gasteiger partial charge in [0.1, 0.15) is 12.1 Å². The van der Waals surface area contributed by atoms with Gasteiger partial charge < -0.3 is 14.5 Å². The van der Waals surface area contributed by atoms with Crippen LogP contribution in [0.4, 0.5) is 5.69 Å². The molecule has 2 saturated heterocycles. The van der Waals surface area contributed by atoms with Crippen molar-refractivity contribution in [2.45, 2.75) is 32.0 Å². The summed E-state index contributed by atoms with van der Waals surface area (Å²) in [5, 5.41) is 1.04. The van der Waals surface area contributed by atoms with Gasteiger partial charge in [0.25, 0.3) is 0 Å². The van der Waals surface area contributed by atoms with Crippen molar-refractivity contribution >= 4 is 34.8 Å². The Morgan fingerprint density at radius 2 is 2.00 bits per heavy atom. The smallest absolute Gasteiger partial charge is 0.245 e. The molecule has 0 N–H and O–H groups in total. The Bertz CT molecular complexity index is 563. The van der Waals surface area contributed by atoms with E-state index in [9.17, 15) is 4.79 Å². The van der Waals surface area contributed by atoms with E-state index < -0.39 is 0 Å². The van der Waals surface area contributed by atoms with E-state index in [0.29, 0.717) is 16.6 Å². The number of carbonyl (C=O) groups excluding carboxylic acids is 1. The van der Waals surface area contributed by atoms with Gasteiger partial charge in [-0.3, -0.25) is 4.79 Å². The number of benzene rings is 1. The molecule has 4 nitrogen and oxygen atoms in total. The highest BCUT2D eigenvalue weighted by molar-refractivity contribution is 6.42. The number of nitrogens with zero attached hydrogens (tertiary/aromatic N) is 2. The highest BCUT2D eigenvalue weighted by atomic mass is 35.5. The van der Waals surface area contributed by atoms with Crippen LogP contribution in [0.3, 0.4) is 0 Å². The lowest BCUT2D eigenvalue weighted by atomic mass is 10.1. The molecule has 0 radical (unpaired) electrons. The van der Waals surface area contributed by atoms with Crippen LogP contribution in [0, 0.1) is 0 Å². The van der Waals surface area contributed by atoms with Gasteiger partial charge in [0.05, 0.1) is 22.7 Å². The molecular formula is C15H18Cl2N2O2. The first-order valence-corrected chi connectivity index (χ1v) is 7.88. The molecule has 3 rings (SSSR count). The largest absolute Gasteiger partial charge is 0.371 e. The van der Waals surface area contributed by atoms with Crippen LogP contribution in [0.15, 0.2) is 18.2 Å². The van der Waals surface area contributed by atoms with Crippen molar-refractivity contribution in [1.29, 1.82) is 0 Å². The molecule has 6 heteroatoms. The highest BCUT2D eigenvalue weighted by Crippen LogP contribution is 2.30. The van der Waals surface area contributed by atoms with Crippen LogP contribution in [0.25, 0.3) is 0 Å². The summed E-state index contributed by atoms with van der Waals surface area (Å²) in [6, 6.07) is 5.43. The Morgan fingerprint density at radius 3 is 2.62 bits per heavy atom. The molecule has 21 heavy (non-hydrogen) atoms. The van der Waals surface area contributed by atoms with Crippen LogP contribution in [0.2, 0.25) is 10.0 Å². The van der Waals surface area contributed by atoms with Gasteiger partial charge in [-0.1, -0.05) is 23.2 Å². The molecule has 2 aliphatic rings. The van der Waals surface area contributed by atoms with E-state index in [2.05, 4.69) is 11.8 Å². The predicted molar refractivity (Wildman–Crippen MR) is 84.2 cm³/mol. The zero-order chi connectivity index (χ0) is 15.1. The van der Waals surface area contributed by atoms with E-state index in [1.807, 2.05) is 24.0 Å². The van der Waals surface area contributed by atoms with Crippen LogP contribution in [-0.2, 0) is 9.53 Å². The van der Waals surface area contributed by atoms with Crippen molar-refractivity contribution < 1.29 is 9.53 Å². The summed E-state index contributed by atoms with van der Waals surface area (Å²) in [6.07, 6.45) is 0.206. The van der Waals surface area contributed by atoms with Crippen LogP contribution in [0.1, 0.15) is 13.8 Å². The average Bonchev–Trinajstić information content (AvgIpc) is 3.29. The Labute approximate surface area is 134 Å². The third kappa shape index (κ3) is 2.85. The van der Waals surface area contributed by atoms with Gasteiger partial charge in [-0.2, -0.15) is 0 Å². The molecule has 2 unspecified atom stereocenters. The fourth-order valence-electron chi connectivity index (χ4n) is 2.85. The molecule has 3 atom stereocenters. The van der Waals surface area contributed by atoms with Crippen molar-refractivity contribution in [2.75, 3.05) is 24.6 Å². The van der Waals surface area contributed by atoms with Gasteiger partial charge >= 0.3 is 0 Å². The first-order chi connectivity index (χ1) is 9.99. The summed E-state index contributed by atoms with van der Waals surface area (Å²) < 4.78 is 5.31. The third-order valence-corrected chi connectivity index (χ3v) is 5.05. The number of hydrogen-bond donors (Lipinski definition) is 0. The number of amides is 1. The molecule has 1 aromatic carbocycles. The lowest BCUT2D eigenvalue weighted by Crippen LogP contribution is -2.59. The molecule has 0 aromatic heterocycles. The lowest BCUT2D eigenvalue weighted by Gasteiger charge is -2.42. The maximum Gasteiger partial charge on any atom is 0.245 e. The first kappa shape index (κ1) is 14.9. The second-order valence-corrected chi connectivity index (χ2v) is 6.43. The molecule has 2 heterocycles. The topological polar surface area (TPSA) is 36.1 Å². The summed E-state index contributed by atoms with van der Waals surface area (Å²) >= 11 is 12.0. The highest BCUT2D eigenvalue weighted by Gasteiger charge is 2.40. The Kier molecular flexibility index (Phi) is 4.04. The summed E-state index contributed by atoms with van der Waals surface area (Å²) in [4.78, 5) is 16.6. The van der Waals surface area contributed by atoms with Crippen LogP contribution in [0.5, 0.6) is 0 Å². The number of anilines is 1. The molecule has 2 fully saturated rings. The Hall–Kier alpha value is -0.970. The van der Waals surface area contributed by atoms with Crippen LogP contribution < -0.4 is 4.90 Å². The number of carbonyl (C=O) groups is 1.